The van der Waals surface area contributed by atoms with Gasteiger partial charge in [0.1, 0.15) is 0 Å². The SMILES string of the molecule is COC[C@@H](C)N1CCN(S(=O)(=O)c2ccc([N+](=O)[O-])cc2)CC1. The lowest BCUT2D eigenvalue weighted by atomic mass is 10.2. The predicted molar refractivity (Wildman–Crippen MR) is 84.8 cm³/mol. The average Bonchev–Trinajstić information content (AvgIpc) is 2.55. The fourth-order valence-corrected chi connectivity index (χ4v) is 4.04. The zero-order chi connectivity index (χ0) is 17.0. The monoisotopic (exact) mass is 343 g/mol. The number of ether oxygens (including phenoxy) is 1. The van der Waals surface area contributed by atoms with Crippen molar-refractivity contribution in [3.63, 3.8) is 0 Å². The van der Waals surface area contributed by atoms with Gasteiger partial charge >= 0.3 is 0 Å². The van der Waals surface area contributed by atoms with Crippen LogP contribution >= 0.6 is 0 Å². The van der Waals surface area contributed by atoms with E-state index in [2.05, 4.69) is 4.90 Å². The first-order valence-corrected chi connectivity index (χ1v) is 8.78. The van der Waals surface area contributed by atoms with Gasteiger partial charge in [0.2, 0.25) is 10.0 Å². The number of hydrogen-bond donors (Lipinski definition) is 0. The summed E-state index contributed by atoms with van der Waals surface area (Å²) in [6.45, 7) is 4.72. The van der Waals surface area contributed by atoms with E-state index in [1.807, 2.05) is 6.92 Å². The van der Waals surface area contributed by atoms with Gasteiger partial charge in [0.25, 0.3) is 5.69 Å². The van der Waals surface area contributed by atoms with E-state index in [4.69, 9.17) is 4.74 Å². The van der Waals surface area contributed by atoms with Crippen molar-refractivity contribution in [3.8, 4) is 0 Å². The number of nitro benzene ring substituents is 1. The molecule has 23 heavy (non-hydrogen) atoms. The molecule has 9 heteroatoms. The van der Waals surface area contributed by atoms with Crippen molar-refractivity contribution in [1.29, 1.82) is 0 Å². The molecule has 0 radical (unpaired) electrons. The van der Waals surface area contributed by atoms with Gasteiger partial charge in [-0.25, -0.2) is 8.42 Å². The van der Waals surface area contributed by atoms with Crippen LogP contribution < -0.4 is 0 Å². The molecule has 1 saturated heterocycles. The highest BCUT2D eigenvalue weighted by Crippen LogP contribution is 2.21. The maximum Gasteiger partial charge on any atom is 0.269 e. The molecule has 1 heterocycles. The molecule has 0 aromatic heterocycles. The Hall–Kier alpha value is -1.55. The van der Waals surface area contributed by atoms with Crippen LogP contribution in [0.3, 0.4) is 0 Å². The minimum absolute atomic E-state index is 0.0847. The summed E-state index contributed by atoms with van der Waals surface area (Å²) >= 11 is 0. The lowest BCUT2D eigenvalue weighted by molar-refractivity contribution is -0.384. The van der Waals surface area contributed by atoms with E-state index >= 15 is 0 Å². The molecule has 0 saturated carbocycles. The third kappa shape index (κ3) is 4.05. The summed E-state index contributed by atoms with van der Waals surface area (Å²) in [4.78, 5) is 12.4. The molecule has 1 aromatic carbocycles. The fourth-order valence-electron chi connectivity index (χ4n) is 2.62. The first kappa shape index (κ1) is 17.8. The van der Waals surface area contributed by atoms with Crippen LogP contribution in [0, 0.1) is 10.1 Å². The maximum atomic E-state index is 12.6. The van der Waals surface area contributed by atoms with Crippen LogP contribution in [-0.2, 0) is 14.8 Å². The minimum Gasteiger partial charge on any atom is -0.383 e. The number of piperazine rings is 1. The summed E-state index contributed by atoms with van der Waals surface area (Å²) in [6.07, 6.45) is 0. The molecular weight excluding hydrogens is 322 g/mol. The maximum absolute atomic E-state index is 12.6. The van der Waals surface area contributed by atoms with Gasteiger partial charge in [0.15, 0.2) is 0 Å². The molecule has 0 bridgehead atoms. The van der Waals surface area contributed by atoms with Crippen molar-refractivity contribution in [2.24, 2.45) is 0 Å². The third-order valence-electron chi connectivity index (χ3n) is 3.99. The Morgan fingerprint density at radius 3 is 2.26 bits per heavy atom. The summed E-state index contributed by atoms with van der Waals surface area (Å²) < 4.78 is 31.7. The van der Waals surface area contributed by atoms with Crippen LogP contribution in [0.4, 0.5) is 5.69 Å². The normalized spacial score (nSPS) is 18.7. The standard InChI is InChI=1S/C14H21N3O5S/c1-12(11-22-2)15-7-9-16(10-8-15)23(20,21)14-5-3-13(4-6-14)17(18)19/h3-6,12H,7-11H2,1-2H3/t12-/m1/s1. The third-order valence-corrected chi connectivity index (χ3v) is 5.90. The molecular formula is C14H21N3O5S. The van der Waals surface area contributed by atoms with Gasteiger partial charge in [-0.3, -0.25) is 15.0 Å². The number of nitrogens with zero attached hydrogens (tertiary/aromatic N) is 3. The number of sulfonamides is 1. The van der Waals surface area contributed by atoms with E-state index in [1.165, 1.54) is 28.6 Å². The van der Waals surface area contributed by atoms with Crippen LogP contribution in [0.5, 0.6) is 0 Å². The summed E-state index contributed by atoms with van der Waals surface area (Å²) in [5, 5.41) is 10.6. The fraction of sp³-hybridized carbons (Fsp3) is 0.571. The van der Waals surface area contributed by atoms with E-state index in [0.717, 1.165) is 0 Å². The first-order valence-electron chi connectivity index (χ1n) is 7.34. The van der Waals surface area contributed by atoms with Crippen LogP contribution in [0.2, 0.25) is 0 Å². The van der Waals surface area contributed by atoms with Crippen molar-refractivity contribution in [2.75, 3.05) is 39.9 Å². The second-order valence-electron chi connectivity index (χ2n) is 5.50. The lowest BCUT2D eigenvalue weighted by Crippen LogP contribution is -2.52. The molecule has 0 amide bonds. The Kier molecular flexibility index (Phi) is 5.69. The zero-order valence-corrected chi connectivity index (χ0v) is 14.0. The molecule has 0 unspecified atom stereocenters. The van der Waals surface area contributed by atoms with Crippen LogP contribution in [0.25, 0.3) is 0 Å². The second-order valence-corrected chi connectivity index (χ2v) is 7.43. The molecule has 1 aliphatic rings. The number of hydrogen-bond acceptors (Lipinski definition) is 6. The highest BCUT2D eigenvalue weighted by atomic mass is 32.2. The summed E-state index contributed by atoms with van der Waals surface area (Å²) in [5.41, 5.74) is -0.123. The largest absolute Gasteiger partial charge is 0.383 e. The Bertz CT molecular complexity index is 639. The van der Waals surface area contributed by atoms with E-state index in [-0.39, 0.29) is 16.6 Å². The first-order chi connectivity index (χ1) is 10.9. The van der Waals surface area contributed by atoms with E-state index in [1.54, 1.807) is 7.11 Å². The Morgan fingerprint density at radius 1 is 1.22 bits per heavy atom. The summed E-state index contributed by atoms with van der Waals surface area (Å²) in [5.74, 6) is 0. The van der Waals surface area contributed by atoms with Gasteiger partial charge in [-0.1, -0.05) is 0 Å². The summed E-state index contributed by atoms with van der Waals surface area (Å²) in [6, 6.07) is 5.23. The smallest absolute Gasteiger partial charge is 0.269 e. The molecule has 1 fully saturated rings. The van der Waals surface area contributed by atoms with Crippen molar-refractivity contribution in [3.05, 3.63) is 34.4 Å². The van der Waals surface area contributed by atoms with Gasteiger partial charge in [-0.2, -0.15) is 4.31 Å². The molecule has 1 aromatic rings. The number of rotatable bonds is 6. The predicted octanol–water partition coefficient (Wildman–Crippen LogP) is 0.936. The van der Waals surface area contributed by atoms with Crippen LogP contribution in [-0.4, -0.2) is 68.5 Å². The molecule has 128 valence electrons. The Morgan fingerprint density at radius 2 is 1.78 bits per heavy atom. The molecule has 0 spiro atoms. The number of non-ortho nitro benzene ring substituents is 1. The molecule has 1 atom stereocenters. The average molecular weight is 343 g/mol. The topological polar surface area (TPSA) is 93.0 Å². The van der Waals surface area contributed by atoms with Crippen molar-refractivity contribution >= 4 is 15.7 Å². The van der Waals surface area contributed by atoms with Gasteiger partial charge in [0.05, 0.1) is 16.4 Å². The summed E-state index contributed by atoms with van der Waals surface area (Å²) in [7, 11) is -1.97. The molecule has 2 rings (SSSR count). The van der Waals surface area contributed by atoms with E-state index < -0.39 is 14.9 Å². The van der Waals surface area contributed by atoms with E-state index in [0.29, 0.717) is 32.8 Å². The highest BCUT2D eigenvalue weighted by molar-refractivity contribution is 7.89. The van der Waals surface area contributed by atoms with Crippen molar-refractivity contribution in [2.45, 2.75) is 17.9 Å². The molecule has 0 aliphatic carbocycles. The van der Waals surface area contributed by atoms with Crippen LogP contribution in [0.1, 0.15) is 6.92 Å². The Labute approximate surface area is 135 Å². The minimum atomic E-state index is -3.61. The number of nitro groups is 1. The highest BCUT2D eigenvalue weighted by Gasteiger charge is 2.30. The quantitative estimate of drug-likeness (QED) is 0.564. The number of methoxy groups -OCH3 is 1. The molecule has 1 aliphatic heterocycles. The number of benzene rings is 1. The van der Waals surface area contributed by atoms with Crippen molar-refractivity contribution in [1.82, 2.24) is 9.21 Å². The van der Waals surface area contributed by atoms with Crippen molar-refractivity contribution < 1.29 is 18.1 Å². The van der Waals surface area contributed by atoms with Gasteiger partial charge in [0, 0.05) is 51.5 Å². The van der Waals surface area contributed by atoms with Crippen LogP contribution in [0.15, 0.2) is 29.2 Å². The van der Waals surface area contributed by atoms with Gasteiger partial charge < -0.3 is 4.74 Å². The van der Waals surface area contributed by atoms with E-state index in [9.17, 15) is 18.5 Å². The second kappa shape index (κ2) is 7.35. The molecule has 0 N–H and O–H groups in total. The van der Waals surface area contributed by atoms with Gasteiger partial charge in [-0.15, -0.1) is 0 Å². The molecule has 8 nitrogen and oxygen atoms in total. The zero-order valence-electron chi connectivity index (χ0n) is 13.2. The lowest BCUT2D eigenvalue weighted by Gasteiger charge is -2.37. The Balaban J connectivity index is 2.05. The van der Waals surface area contributed by atoms with Gasteiger partial charge in [-0.05, 0) is 19.1 Å².